The Morgan fingerprint density at radius 1 is 1.05 bits per heavy atom. The zero-order chi connectivity index (χ0) is 14.6. The second kappa shape index (κ2) is 11.6. The molecule has 0 aromatic carbocycles. The van der Waals surface area contributed by atoms with Crippen molar-refractivity contribution in [3.05, 3.63) is 0 Å². The SMILES string of the molecule is CCCCCCCC(O)(CCN(C)C)COCCO. The van der Waals surface area contributed by atoms with Crippen LogP contribution in [0.2, 0.25) is 0 Å². The van der Waals surface area contributed by atoms with Crippen molar-refractivity contribution in [2.75, 3.05) is 40.5 Å². The van der Waals surface area contributed by atoms with Crippen LogP contribution in [0.5, 0.6) is 0 Å². The first-order valence-electron chi connectivity index (χ1n) is 7.60. The van der Waals surface area contributed by atoms with Crippen molar-refractivity contribution in [3.63, 3.8) is 0 Å². The predicted octanol–water partition coefficient (Wildman–Crippen LogP) is 2.04. The minimum Gasteiger partial charge on any atom is -0.394 e. The van der Waals surface area contributed by atoms with Crippen molar-refractivity contribution < 1.29 is 14.9 Å². The summed E-state index contributed by atoms with van der Waals surface area (Å²) < 4.78 is 5.34. The lowest BCUT2D eigenvalue weighted by Gasteiger charge is -2.29. The highest BCUT2D eigenvalue weighted by Crippen LogP contribution is 2.21. The molecule has 0 saturated carbocycles. The number of hydrogen-bond donors (Lipinski definition) is 2. The first-order chi connectivity index (χ1) is 9.04. The second-order valence-corrected chi connectivity index (χ2v) is 5.72. The molecular formula is C15H33NO3. The van der Waals surface area contributed by atoms with Crippen LogP contribution in [0, 0.1) is 0 Å². The molecular weight excluding hydrogens is 242 g/mol. The van der Waals surface area contributed by atoms with Gasteiger partial charge in [0, 0.05) is 6.54 Å². The van der Waals surface area contributed by atoms with Gasteiger partial charge in [-0.15, -0.1) is 0 Å². The van der Waals surface area contributed by atoms with Crippen LogP contribution in [0.15, 0.2) is 0 Å². The summed E-state index contributed by atoms with van der Waals surface area (Å²) in [7, 11) is 4.02. The summed E-state index contributed by atoms with van der Waals surface area (Å²) in [5.41, 5.74) is -0.744. The topological polar surface area (TPSA) is 52.9 Å². The summed E-state index contributed by atoms with van der Waals surface area (Å²) in [6.45, 7) is 3.71. The first-order valence-corrected chi connectivity index (χ1v) is 7.60. The minimum atomic E-state index is -0.744. The highest BCUT2D eigenvalue weighted by Gasteiger charge is 2.26. The monoisotopic (exact) mass is 275 g/mol. The van der Waals surface area contributed by atoms with Crippen LogP contribution < -0.4 is 0 Å². The number of nitrogens with zero attached hydrogens (tertiary/aromatic N) is 1. The number of unbranched alkanes of at least 4 members (excludes halogenated alkanes) is 4. The first kappa shape index (κ1) is 18.8. The highest BCUT2D eigenvalue weighted by molar-refractivity contribution is 4.79. The molecule has 0 fully saturated rings. The number of rotatable bonds is 13. The van der Waals surface area contributed by atoms with Crippen molar-refractivity contribution in [1.29, 1.82) is 0 Å². The highest BCUT2D eigenvalue weighted by atomic mass is 16.5. The van der Waals surface area contributed by atoms with Gasteiger partial charge >= 0.3 is 0 Å². The molecule has 116 valence electrons. The van der Waals surface area contributed by atoms with E-state index in [1.54, 1.807) is 0 Å². The molecule has 0 spiro atoms. The summed E-state index contributed by atoms with van der Waals surface area (Å²) in [6.07, 6.45) is 7.50. The summed E-state index contributed by atoms with van der Waals surface area (Å²) >= 11 is 0. The van der Waals surface area contributed by atoms with E-state index in [2.05, 4.69) is 11.8 Å². The van der Waals surface area contributed by atoms with E-state index in [0.29, 0.717) is 13.2 Å². The van der Waals surface area contributed by atoms with Gasteiger partial charge in [-0.1, -0.05) is 39.0 Å². The third-order valence-corrected chi connectivity index (χ3v) is 3.38. The molecule has 0 aromatic heterocycles. The van der Waals surface area contributed by atoms with Gasteiger partial charge < -0.3 is 19.8 Å². The van der Waals surface area contributed by atoms with E-state index in [9.17, 15) is 5.11 Å². The second-order valence-electron chi connectivity index (χ2n) is 5.72. The molecule has 4 nitrogen and oxygen atoms in total. The summed E-state index contributed by atoms with van der Waals surface area (Å²) in [5.74, 6) is 0. The Labute approximate surface area is 118 Å². The lowest BCUT2D eigenvalue weighted by atomic mass is 9.93. The molecule has 0 aromatic rings. The number of aliphatic hydroxyl groups is 2. The van der Waals surface area contributed by atoms with Gasteiger partial charge in [0.2, 0.25) is 0 Å². The third-order valence-electron chi connectivity index (χ3n) is 3.38. The molecule has 0 radical (unpaired) electrons. The number of hydrogen-bond acceptors (Lipinski definition) is 4. The Balaban J connectivity index is 4.00. The maximum Gasteiger partial charge on any atom is 0.0892 e. The molecule has 1 atom stereocenters. The zero-order valence-electron chi connectivity index (χ0n) is 13.0. The smallest absolute Gasteiger partial charge is 0.0892 e. The van der Waals surface area contributed by atoms with E-state index in [1.807, 2.05) is 14.1 Å². The predicted molar refractivity (Wildman–Crippen MR) is 79.4 cm³/mol. The minimum absolute atomic E-state index is 0.0141. The Bertz CT molecular complexity index is 200. The average molecular weight is 275 g/mol. The van der Waals surface area contributed by atoms with E-state index in [-0.39, 0.29) is 6.61 Å². The Morgan fingerprint density at radius 3 is 2.32 bits per heavy atom. The maximum absolute atomic E-state index is 10.6. The fourth-order valence-electron chi connectivity index (χ4n) is 2.09. The fourth-order valence-corrected chi connectivity index (χ4v) is 2.09. The van der Waals surface area contributed by atoms with Crippen molar-refractivity contribution >= 4 is 0 Å². The summed E-state index contributed by atoms with van der Waals surface area (Å²) in [5, 5.41) is 19.3. The quantitative estimate of drug-likeness (QED) is 0.505. The Kier molecular flexibility index (Phi) is 11.6. The molecule has 0 amide bonds. The lowest BCUT2D eigenvalue weighted by molar-refractivity contribution is -0.0662. The van der Waals surface area contributed by atoms with Crippen molar-refractivity contribution in [2.24, 2.45) is 0 Å². The van der Waals surface area contributed by atoms with Crippen LogP contribution in [0.3, 0.4) is 0 Å². The molecule has 1 unspecified atom stereocenters. The van der Waals surface area contributed by atoms with Crippen LogP contribution in [-0.2, 0) is 4.74 Å². The molecule has 19 heavy (non-hydrogen) atoms. The largest absolute Gasteiger partial charge is 0.394 e. The van der Waals surface area contributed by atoms with E-state index in [1.165, 1.54) is 25.7 Å². The van der Waals surface area contributed by atoms with E-state index < -0.39 is 5.60 Å². The molecule has 2 N–H and O–H groups in total. The van der Waals surface area contributed by atoms with E-state index >= 15 is 0 Å². The van der Waals surface area contributed by atoms with Crippen LogP contribution >= 0.6 is 0 Å². The zero-order valence-corrected chi connectivity index (χ0v) is 13.0. The molecule has 0 rings (SSSR count). The summed E-state index contributed by atoms with van der Waals surface area (Å²) in [6, 6.07) is 0. The van der Waals surface area contributed by atoms with Crippen molar-refractivity contribution in [2.45, 2.75) is 57.5 Å². The average Bonchev–Trinajstić information content (AvgIpc) is 2.37. The maximum atomic E-state index is 10.6. The van der Waals surface area contributed by atoms with E-state index in [4.69, 9.17) is 9.84 Å². The van der Waals surface area contributed by atoms with Gasteiger partial charge in [-0.05, 0) is 26.9 Å². The van der Waals surface area contributed by atoms with Gasteiger partial charge in [-0.25, -0.2) is 0 Å². The molecule has 0 aliphatic rings. The van der Waals surface area contributed by atoms with Crippen molar-refractivity contribution in [1.82, 2.24) is 4.90 Å². The third kappa shape index (κ3) is 11.4. The molecule has 0 bridgehead atoms. The van der Waals surface area contributed by atoms with Crippen LogP contribution in [0.4, 0.5) is 0 Å². The Hall–Kier alpha value is -0.160. The fraction of sp³-hybridized carbons (Fsp3) is 1.00. The van der Waals surface area contributed by atoms with Crippen LogP contribution in [0.1, 0.15) is 51.9 Å². The molecule has 0 aliphatic heterocycles. The number of aliphatic hydroxyl groups excluding tert-OH is 1. The number of ether oxygens (including phenoxy) is 1. The van der Waals surface area contributed by atoms with Gasteiger partial charge in [-0.3, -0.25) is 0 Å². The standard InChI is InChI=1S/C15H33NO3/c1-4-5-6-7-8-9-15(18,10-11-16(2)3)14-19-13-12-17/h17-18H,4-14H2,1-3H3. The van der Waals surface area contributed by atoms with Crippen LogP contribution in [-0.4, -0.2) is 61.2 Å². The summed E-state index contributed by atoms with van der Waals surface area (Å²) in [4.78, 5) is 2.08. The molecule has 4 heteroatoms. The van der Waals surface area contributed by atoms with Crippen molar-refractivity contribution in [3.8, 4) is 0 Å². The lowest BCUT2D eigenvalue weighted by Crippen LogP contribution is -2.38. The molecule has 0 aliphatic carbocycles. The van der Waals surface area contributed by atoms with Gasteiger partial charge in [0.15, 0.2) is 0 Å². The normalized spacial score (nSPS) is 14.8. The van der Waals surface area contributed by atoms with Gasteiger partial charge in [0.05, 0.1) is 25.4 Å². The van der Waals surface area contributed by atoms with Crippen LogP contribution in [0.25, 0.3) is 0 Å². The molecule has 0 saturated heterocycles. The van der Waals surface area contributed by atoms with Gasteiger partial charge in [0.1, 0.15) is 0 Å². The van der Waals surface area contributed by atoms with E-state index in [0.717, 1.165) is 25.8 Å². The Morgan fingerprint density at radius 2 is 1.74 bits per heavy atom. The van der Waals surface area contributed by atoms with Gasteiger partial charge in [0.25, 0.3) is 0 Å². The van der Waals surface area contributed by atoms with Gasteiger partial charge in [-0.2, -0.15) is 0 Å². The molecule has 0 heterocycles.